The number of nitrogens with zero attached hydrogens (tertiary/aromatic N) is 3. The number of carboxylic acids is 1. The van der Waals surface area contributed by atoms with Gasteiger partial charge in [-0.25, -0.2) is 8.42 Å². The van der Waals surface area contributed by atoms with E-state index in [-0.39, 0.29) is 33.5 Å². The number of anilines is 1. The van der Waals surface area contributed by atoms with E-state index in [1.54, 1.807) is 6.92 Å². The van der Waals surface area contributed by atoms with E-state index in [0.717, 1.165) is 18.2 Å². The fraction of sp³-hybridized carbons (Fsp3) is 0.560. The van der Waals surface area contributed by atoms with Gasteiger partial charge in [-0.2, -0.15) is 18.3 Å². The van der Waals surface area contributed by atoms with E-state index in [4.69, 9.17) is 16.3 Å². The normalized spacial score (nSPS) is 18.2. The Balaban J connectivity index is 2.08. The zero-order valence-corrected chi connectivity index (χ0v) is 24.3. The van der Waals surface area contributed by atoms with Crippen LogP contribution in [0.15, 0.2) is 29.3 Å². The summed E-state index contributed by atoms with van der Waals surface area (Å²) in [5, 5.41) is 13.4. The molecule has 3 rings (SSSR count). The van der Waals surface area contributed by atoms with Gasteiger partial charge in [-0.1, -0.05) is 17.7 Å². The van der Waals surface area contributed by atoms with E-state index in [9.17, 15) is 36.3 Å². The summed E-state index contributed by atoms with van der Waals surface area (Å²) in [6, 6.07) is 3.12. The van der Waals surface area contributed by atoms with Crippen LogP contribution < -0.4 is 9.04 Å². The Hall–Kier alpha value is -3.00. The van der Waals surface area contributed by atoms with Gasteiger partial charge in [0.1, 0.15) is 16.7 Å². The van der Waals surface area contributed by atoms with Gasteiger partial charge in [0.25, 0.3) is 10.0 Å². The zero-order valence-electron chi connectivity index (χ0n) is 22.7. The summed E-state index contributed by atoms with van der Waals surface area (Å²) in [6.45, 7) is 8.02. The number of esters is 1. The number of carbonyl (C=O) groups excluding carboxylic acids is 1. The maximum Gasteiger partial charge on any atom is 0.427 e. The van der Waals surface area contributed by atoms with Crippen LogP contribution in [0.2, 0.25) is 5.15 Å². The minimum Gasteiger partial charge on any atom is -0.486 e. The van der Waals surface area contributed by atoms with Crippen molar-refractivity contribution in [1.29, 1.82) is 0 Å². The summed E-state index contributed by atoms with van der Waals surface area (Å²) in [4.78, 5) is 23.9. The molecule has 222 valence electrons. The lowest BCUT2D eigenvalue weighted by atomic mass is 9.84. The first-order valence-electron chi connectivity index (χ1n) is 12.3. The van der Waals surface area contributed by atoms with Gasteiger partial charge in [0.2, 0.25) is 5.60 Å². The van der Waals surface area contributed by atoms with Crippen molar-refractivity contribution < 1.29 is 45.8 Å². The van der Waals surface area contributed by atoms with Gasteiger partial charge < -0.3 is 14.6 Å². The number of benzene rings is 1. The Morgan fingerprint density at radius 1 is 1.20 bits per heavy atom. The summed E-state index contributed by atoms with van der Waals surface area (Å²) in [5.41, 5.74) is -3.84. The van der Waals surface area contributed by atoms with Crippen LogP contribution in [0.1, 0.15) is 53.5 Å². The molecule has 15 heteroatoms. The minimum atomic E-state index is -4.80. The van der Waals surface area contributed by atoms with Crippen molar-refractivity contribution in [2.75, 3.05) is 4.31 Å². The van der Waals surface area contributed by atoms with E-state index >= 15 is 0 Å². The molecule has 1 aromatic carbocycles. The third-order valence-corrected chi connectivity index (χ3v) is 8.98. The van der Waals surface area contributed by atoms with Crippen LogP contribution >= 0.6 is 11.6 Å². The van der Waals surface area contributed by atoms with E-state index in [2.05, 4.69) is 9.84 Å². The molecule has 0 saturated carbocycles. The lowest BCUT2D eigenvalue weighted by Gasteiger charge is -2.42. The van der Waals surface area contributed by atoms with Crippen molar-refractivity contribution in [2.24, 2.45) is 5.41 Å². The molecular weight excluding hydrogens is 579 g/mol. The van der Waals surface area contributed by atoms with E-state index in [1.807, 2.05) is 0 Å². The SMILES string of the molecule is CCn1cc(S(=O)(=O)N2c3cc(CC(=O)OC(C)(C)C(F)(F)F)ccc3O[C@@H](CC(C)(C)C(=O)O)[C@@H]2C)c(Cl)n1. The van der Waals surface area contributed by atoms with E-state index in [1.165, 1.54) is 49.8 Å². The van der Waals surface area contributed by atoms with Crippen molar-refractivity contribution >= 4 is 39.3 Å². The Labute approximate surface area is 235 Å². The summed E-state index contributed by atoms with van der Waals surface area (Å²) in [5.74, 6) is -2.21. The molecule has 2 aromatic rings. The molecule has 1 aliphatic heterocycles. The fourth-order valence-corrected chi connectivity index (χ4v) is 6.23. The number of fused-ring (bicyclic) bond motifs is 1. The predicted molar refractivity (Wildman–Crippen MR) is 139 cm³/mol. The monoisotopic (exact) mass is 609 g/mol. The molecule has 0 fully saturated rings. The van der Waals surface area contributed by atoms with Crippen molar-refractivity contribution in [1.82, 2.24) is 9.78 Å². The highest BCUT2D eigenvalue weighted by Crippen LogP contribution is 2.44. The molecular formula is C25H31ClF3N3O7S. The molecule has 1 aliphatic rings. The summed E-state index contributed by atoms with van der Waals surface area (Å²) < 4.78 is 80.6. The minimum absolute atomic E-state index is 0.00224. The Morgan fingerprint density at radius 3 is 2.35 bits per heavy atom. The first-order chi connectivity index (χ1) is 18.2. The number of carboxylic acid groups (broad SMARTS) is 1. The lowest BCUT2D eigenvalue weighted by Crippen LogP contribution is -2.52. The highest BCUT2D eigenvalue weighted by atomic mass is 35.5. The second kappa shape index (κ2) is 10.8. The number of hydrogen-bond acceptors (Lipinski definition) is 7. The van der Waals surface area contributed by atoms with Crippen LogP contribution in [-0.4, -0.2) is 59.2 Å². The predicted octanol–water partition coefficient (Wildman–Crippen LogP) is 4.83. The summed E-state index contributed by atoms with van der Waals surface area (Å²) >= 11 is 6.19. The van der Waals surface area contributed by atoms with Gasteiger partial charge >= 0.3 is 18.1 Å². The van der Waals surface area contributed by atoms with Crippen molar-refractivity contribution in [3.05, 3.63) is 35.1 Å². The van der Waals surface area contributed by atoms with Crippen molar-refractivity contribution in [3.63, 3.8) is 0 Å². The van der Waals surface area contributed by atoms with Crippen LogP contribution in [0.3, 0.4) is 0 Å². The van der Waals surface area contributed by atoms with E-state index in [0.29, 0.717) is 6.54 Å². The number of ether oxygens (including phenoxy) is 2. The summed E-state index contributed by atoms with van der Waals surface area (Å²) in [7, 11) is -4.42. The number of aliphatic carboxylic acids is 1. The second-order valence-electron chi connectivity index (χ2n) is 10.7. The first kappa shape index (κ1) is 31.5. The van der Waals surface area contributed by atoms with Gasteiger partial charge in [0, 0.05) is 19.2 Å². The van der Waals surface area contributed by atoms with Crippen LogP contribution in [0, 0.1) is 5.41 Å². The zero-order chi connectivity index (χ0) is 30.4. The molecule has 0 saturated heterocycles. The number of sulfonamides is 1. The molecule has 10 nitrogen and oxygen atoms in total. The van der Waals surface area contributed by atoms with Crippen LogP contribution in [0.25, 0.3) is 0 Å². The molecule has 0 amide bonds. The molecule has 0 radical (unpaired) electrons. The van der Waals surface area contributed by atoms with Crippen molar-refractivity contribution in [3.8, 4) is 5.75 Å². The summed E-state index contributed by atoms with van der Waals surface area (Å²) in [6.07, 6.45) is -5.09. The molecule has 0 unspecified atom stereocenters. The Kier molecular flexibility index (Phi) is 8.49. The van der Waals surface area contributed by atoms with Crippen molar-refractivity contribution in [2.45, 2.75) is 89.7 Å². The van der Waals surface area contributed by atoms with Crippen LogP contribution in [0.5, 0.6) is 5.75 Å². The quantitative estimate of drug-likeness (QED) is 0.401. The van der Waals surface area contributed by atoms with Gasteiger partial charge in [-0.15, -0.1) is 0 Å². The highest BCUT2D eigenvalue weighted by Gasteiger charge is 2.51. The van der Waals surface area contributed by atoms with Gasteiger partial charge in [0.15, 0.2) is 5.15 Å². The van der Waals surface area contributed by atoms with Gasteiger partial charge in [-0.3, -0.25) is 18.6 Å². The number of halogens is 4. The molecule has 2 atom stereocenters. The molecule has 1 aromatic heterocycles. The van der Waals surface area contributed by atoms with Gasteiger partial charge in [-0.05, 0) is 59.2 Å². The maximum absolute atomic E-state index is 14.0. The third kappa shape index (κ3) is 6.17. The molecule has 2 heterocycles. The average molecular weight is 610 g/mol. The van der Waals surface area contributed by atoms with Crippen LogP contribution in [0.4, 0.5) is 18.9 Å². The fourth-order valence-electron chi connectivity index (χ4n) is 4.09. The molecule has 40 heavy (non-hydrogen) atoms. The third-order valence-electron chi connectivity index (χ3n) is 6.68. The molecule has 0 aliphatic carbocycles. The largest absolute Gasteiger partial charge is 0.486 e. The van der Waals surface area contributed by atoms with Gasteiger partial charge in [0.05, 0.1) is 23.6 Å². The van der Waals surface area contributed by atoms with E-state index < -0.39 is 57.7 Å². The molecule has 0 bridgehead atoms. The lowest BCUT2D eigenvalue weighted by molar-refractivity contribution is -0.257. The highest BCUT2D eigenvalue weighted by molar-refractivity contribution is 7.93. The number of rotatable bonds is 9. The molecule has 0 spiro atoms. The Morgan fingerprint density at radius 2 is 1.82 bits per heavy atom. The average Bonchev–Trinajstić information content (AvgIpc) is 3.20. The topological polar surface area (TPSA) is 128 Å². The number of aromatic nitrogens is 2. The second-order valence-corrected chi connectivity index (χ2v) is 12.8. The number of hydrogen-bond donors (Lipinski definition) is 1. The van der Waals surface area contributed by atoms with Crippen LogP contribution in [-0.2, 0) is 37.3 Å². The standard InChI is InChI=1S/C25H31ClF3N3O7S/c1-7-31-13-19(21(26)30-31)40(36,37)32-14(2)18(12-23(3,4)22(34)35)38-17-9-8-15(10-16(17)32)11-20(33)39-24(5,6)25(27,28)29/h8-10,13-14,18H,7,11-12H2,1-6H3,(H,34,35)/t14-,18-/m0/s1. The Bertz CT molecular complexity index is 1410. The number of aryl methyl sites for hydroxylation is 1. The maximum atomic E-state index is 14.0. The number of carbonyl (C=O) groups is 2. The molecule has 1 N–H and O–H groups in total. The first-order valence-corrected chi connectivity index (χ1v) is 14.1. The number of alkyl halides is 3. The smallest absolute Gasteiger partial charge is 0.427 e.